The minimum Gasteiger partial charge on any atom is -0.494 e. The molecule has 0 bridgehead atoms. The number of benzene rings is 3. The van der Waals surface area contributed by atoms with Gasteiger partial charge < -0.3 is 15.0 Å². The predicted octanol–water partition coefficient (Wildman–Crippen LogP) is 5.62. The molecular formula is C33H43N3O5S. The zero-order chi connectivity index (χ0) is 30.7. The van der Waals surface area contributed by atoms with E-state index >= 15 is 0 Å². The number of aryl methyl sites for hydroxylation is 2. The maximum Gasteiger partial charge on any atom is 0.264 e. The van der Waals surface area contributed by atoms with Crippen LogP contribution in [0.3, 0.4) is 0 Å². The van der Waals surface area contributed by atoms with Crippen LogP contribution >= 0.6 is 0 Å². The fraction of sp³-hybridized carbons (Fsp3) is 0.394. The van der Waals surface area contributed by atoms with Gasteiger partial charge in [0.2, 0.25) is 11.8 Å². The molecule has 226 valence electrons. The molecule has 0 saturated heterocycles. The maximum absolute atomic E-state index is 14.2. The largest absolute Gasteiger partial charge is 0.494 e. The molecule has 2 amide bonds. The molecule has 0 aliphatic carbocycles. The van der Waals surface area contributed by atoms with E-state index in [-0.39, 0.29) is 17.3 Å². The van der Waals surface area contributed by atoms with Crippen LogP contribution in [0.25, 0.3) is 0 Å². The van der Waals surface area contributed by atoms with Crippen molar-refractivity contribution in [3.05, 3.63) is 89.5 Å². The van der Waals surface area contributed by atoms with E-state index < -0.39 is 28.5 Å². The Morgan fingerprint density at radius 2 is 1.60 bits per heavy atom. The molecule has 3 rings (SSSR count). The number of carbonyl (C=O) groups is 2. The highest BCUT2D eigenvalue weighted by atomic mass is 32.2. The van der Waals surface area contributed by atoms with Crippen molar-refractivity contribution in [3.63, 3.8) is 0 Å². The van der Waals surface area contributed by atoms with Crippen molar-refractivity contribution < 1.29 is 22.7 Å². The minimum absolute atomic E-state index is 0.0735. The highest BCUT2D eigenvalue weighted by Gasteiger charge is 2.33. The first-order chi connectivity index (χ1) is 20.1. The van der Waals surface area contributed by atoms with Gasteiger partial charge in [-0.15, -0.1) is 0 Å². The fourth-order valence-electron chi connectivity index (χ4n) is 4.67. The van der Waals surface area contributed by atoms with E-state index in [2.05, 4.69) is 5.32 Å². The van der Waals surface area contributed by atoms with E-state index in [1.54, 1.807) is 36.4 Å². The molecule has 0 radical (unpaired) electrons. The Morgan fingerprint density at radius 3 is 2.19 bits per heavy atom. The lowest BCUT2D eigenvalue weighted by molar-refractivity contribution is -0.140. The third-order valence-corrected chi connectivity index (χ3v) is 8.76. The molecule has 0 fully saturated rings. The second-order valence-corrected chi connectivity index (χ2v) is 12.2. The topological polar surface area (TPSA) is 96.0 Å². The molecule has 0 aliphatic heterocycles. The zero-order valence-electron chi connectivity index (χ0n) is 25.3. The Labute approximate surface area is 250 Å². The molecule has 3 aromatic rings. The van der Waals surface area contributed by atoms with Crippen LogP contribution in [0.1, 0.15) is 56.7 Å². The van der Waals surface area contributed by atoms with E-state index in [4.69, 9.17) is 4.74 Å². The molecule has 0 unspecified atom stereocenters. The molecule has 0 aliphatic rings. The Balaban J connectivity index is 2.04. The molecule has 0 spiro atoms. The summed E-state index contributed by atoms with van der Waals surface area (Å²) in [6.45, 7) is 10.3. The average Bonchev–Trinajstić information content (AvgIpc) is 2.96. The Bertz CT molecular complexity index is 1420. The molecule has 0 aromatic heterocycles. The number of rotatable bonds is 15. The molecule has 9 heteroatoms. The number of hydrogen-bond donors (Lipinski definition) is 1. The van der Waals surface area contributed by atoms with Gasteiger partial charge in [-0.3, -0.25) is 13.9 Å². The smallest absolute Gasteiger partial charge is 0.264 e. The highest BCUT2D eigenvalue weighted by Crippen LogP contribution is 2.27. The van der Waals surface area contributed by atoms with Crippen LogP contribution in [0, 0.1) is 13.8 Å². The summed E-state index contributed by atoms with van der Waals surface area (Å²) in [6, 6.07) is 20.1. The fourth-order valence-corrected chi connectivity index (χ4v) is 6.09. The summed E-state index contributed by atoms with van der Waals surface area (Å²) in [4.78, 5) is 29.0. The molecule has 1 atom stereocenters. The number of hydrogen-bond acceptors (Lipinski definition) is 5. The van der Waals surface area contributed by atoms with Crippen LogP contribution in [0.2, 0.25) is 0 Å². The van der Waals surface area contributed by atoms with Crippen LogP contribution in [0.4, 0.5) is 5.69 Å². The highest BCUT2D eigenvalue weighted by molar-refractivity contribution is 7.92. The van der Waals surface area contributed by atoms with Gasteiger partial charge in [-0.2, -0.15) is 0 Å². The number of nitrogens with one attached hydrogen (secondary N) is 1. The number of unbranched alkanes of at least 4 members (excludes halogenated alkanes) is 1. The van der Waals surface area contributed by atoms with Crippen molar-refractivity contribution >= 4 is 27.5 Å². The zero-order valence-corrected chi connectivity index (χ0v) is 26.1. The van der Waals surface area contributed by atoms with Gasteiger partial charge in [-0.1, -0.05) is 67.8 Å². The number of anilines is 1. The van der Waals surface area contributed by atoms with E-state index in [9.17, 15) is 18.0 Å². The van der Waals surface area contributed by atoms with Gasteiger partial charge in [0.1, 0.15) is 18.3 Å². The second kappa shape index (κ2) is 15.4. The van der Waals surface area contributed by atoms with Gasteiger partial charge in [0, 0.05) is 13.1 Å². The van der Waals surface area contributed by atoms with Gasteiger partial charge in [0.15, 0.2) is 0 Å². The third-order valence-electron chi connectivity index (χ3n) is 6.97. The van der Waals surface area contributed by atoms with Gasteiger partial charge in [-0.25, -0.2) is 8.42 Å². The Kier molecular flexibility index (Phi) is 12.0. The summed E-state index contributed by atoms with van der Waals surface area (Å²) >= 11 is 0. The van der Waals surface area contributed by atoms with Gasteiger partial charge in [-0.05, 0) is 75.6 Å². The van der Waals surface area contributed by atoms with Crippen LogP contribution in [0.5, 0.6) is 5.75 Å². The van der Waals surface area contributed by atoms with Crippen molar-refractivity contribution in [2.45, 2.75) is 71.4 Å². The van der Waals surface area contributed by atoms with Crippen molar-refractivity contribution in [3.8, 4) is 5.75 Å². The van der Waals surface area contributed by atoms with Crippen molar-refractivity contribution in [1.29, 1.82) is 0 Å². The monoisotopic (exact) mass is 593 g/mol. The molecule has 0 saturated carbocycles. The molecule has 1 N–H and O–H groups in total. The Hall–Kier alpha value is -3.85. The lowest BCUT2D eigenvalue weighted by atomic mass is 10.1. The first kappa shape index (κ1) is 32.7. The number of amides is 2. The van der Waals surface area contributed by atoms with Crippen molar-refractivity contribution in [2.24, 2.45) is 0 Å². The SMILES string of the molecule is CCCCNC(=O)[C@H](CC)N(Cc1cccc(C)c1)C(=O)CN(c1ccc(OCC)cc1)S(=O)(=O)c1ccc(C)cc1. The van der Waals surface area contributed by atoms with E-state index in [0.29, 0.717) is 31.0 Å². The maximum atomic E-state index is 14.2. The summed E-state index contributed by atoms with van der Waals surface area (Å²) in [5, 5.41) is 2.95. The average molecular weight is 594 g/mol. The quantitative estimate of drug-likeness (QED) is 0.231. The second-order valence-electron chi connectivity index (χ2n) is 10.3. The van der Waals surface area contributed by atoms with E-state index in [1.807, 2.05) is 58.9 Å². The van der Waals surface area contributed by atoms with Gasteiger partial charge in [0.05, 0.1) is 17.2 Å². The third kappa shape index (κ3) is 8.58. The van der Waals surface area contributed by atoms with Crippen LogP contribution < -0.4 is 14.4 Å². The Morgan fingerprint density at radius 1 is 0.905 bits per heavy atom. The number of sulfonamides is 1. The van der Waals surface area contributed by atoms with Crippen molar-refractivity contribution in [1.82, 2.24) is 10.2 Å². The molecular weight excluding hydrogens is 550 g/mol. The molecule has 42 heavy (non-hydrogen) atoms. The summed E-state index contributed by atoms with van der Waals surface area (Å²) in [5.41, 5.74) is 3.13. The normalized spacial score (nSPS) is 11.9. The molecule has 3 aromatic carbocycles. The standard InChI is InChI=1S/C33H43N3O5S/c1-6-9-21-34-33(38)31(7-2)35(23-27-12-10-11-26(5)22-27)32(37)24-36(28-15-17-29(18-16-28)41-8-3)42(39,40)30-19-13-25(4)14-20-30/h10-20,22,31H,6-9,21,23-24H2,1-5H3,(H,34,38)/t31-/m0/s1. The predicted molar refractivity (Wildman–Crippen MR) is 167 cm³/mol. The number of ether oxygens (including phenoxy) is 1. The summed E-state index contributed by atoms with van der Waals surface area (Å²) < 4.78 is 34.7. The molecule has 8 nitrogen and oxygen atoms in total. The van der Waals surface area contributed by atoms with Crippen molar-refractivity contribution in [2.75, 3.05) is 24.0 Å². The summed E-state index contributed by atoms with van der Waals surface area (Å²) in [6.07, 6.45) is 2.13. The number of nitrogens with zero attached hydrogens (tertiary/aromatic N) is 2. The molecule has 0 heterocycles. The lowest BCUT2D eigenvalue weighted by Gasteiger charge is -2.33. The minimum atomic E-state index is -4.13. The number of carbonyl (C=O) groups excluding carboxylic acids is 2. The lowest BCUT2D eigenvalue weighted by Crippen LogP contribution is -2.52. The first-order valence-corrected chi connectivity index (χ1v) is 16.0. The van der Waals surface area contributed by atoms with Gasteiger partial charge in [0.25, 0.3) is 10.0 Å². The first-order valence-electron chi connectivity index (χ1n) is 14.6. The summed E-state index contributed by atoms with van der Waals surface area (Å²) in [5.74, 6) is -0.129. The van der Waals surface area contributed by atoms with Gasteiger partial charge >= 0.3 is 0 Å². The summed E-state index contributed by atoms with van der Waals surface area (Å²) in [7, 11) is -4.13. The van der Waals surface area contributed by atoms with Crippen LogP contribution in [-0.4, -0.2) is 50.9 Å². The van der Waals surface area contributed by atoms with Crippen LogP contribution in [0.15, 0.2) is 77.7 Å². The van der Waals surface area contributed by atoms with Crippen LogP contribution in [-0.2, 0) is 26.2 Å². The van der Waals surface area contributed by atoms with E-state index in [0.717, 1.165) is 33.8 Å². The van der Waals surface area contributed by atoms with E-state index in [1.165, 1.54) is 17.0 Å².